The van der Waals surface area contributed by atoms with Crippen LogP contribution in [0, 0.1) is 0 Å². The third-order valence-corrected chi connectivity index (χ3v) is 5.77. The first-order chi connectivity index (χ1) is 15.1. The maximum absolute atomic E-state index is 13.1. The minimum absolute atomic E-state index is 0.00643. The van der Waals surface area contributed by atoms with E-state index in [4.69, 9.17) is 9.47 Å². The Bertz CT molecular complexity index is 940. The van der Waals surface area contributed by atoms with Crippen molar-refractivity contribution in [2.75, 3.05) is 20.3 Å². The van der Waals surface area contributed by atoms with Gasteiger partial charge < -0.3 is 19.7 Å². The molecule has 2 aromatic carbocycles. The first-order valence-corrected chi connectivity index (χ1v) is 11.5. The zero-order chi connectivity index (χ0) is 23.9. The smallest absolute Gasteiger partial charge is 0.261 e. The van der Waals surface area contributed by atoms with Crippen LogP contribution in [0.15, 0.2) is 46.9 Å². The minimum Gasteiger partial charge on any atom is -0.497 e. The van der Waals surface area contributed by atoms with Crippen molar-refractivity contribution in [2.24, 2.45) is 0 Å². The maximum atomic E-state index is 13.1. The standard InChI is InChI=1S/C25H33BrN2O4/c1-7-27-24(30)17(2)28(15-18-9-8-10-20(13-18)31-6)23(29)16-32-22-12-11-19(14-21(22)26)25(3,4)5/h8-14,17H,7,15-16H2,1-6H3,(H,27,30)/t17-/m1/s1. The van der Waals surface area contributed by atoms with Crippen LogP contribution in [-0.2, 0) is 21.5 Å². The second-order valence-electron chi connectivity index (χ2n) is 8.63. The summed E-state index contributed by atoms with van der Waals surface area (Å²) in [5, 5.41) is 2.79. The van der Waals surface area contributed by atoms with Crippen LogP contribution in [0.1, 0.15) is 45.7 Å². The number of likely N-dealkylation sites (N-methyl/N-ethyl adjacent to an activating group) is 1. The van der Waals surface area contributed by atoms with Gasteiger partial charge in [-0.25, -0.2) is 0 Å². The molecule has 174 valence electrons. The molecule has 32 heavy (non-hydrogen) atoms. The van der Waals surface area contributed by atoms with Crippen LogP contribution in [0.25, 0.3) is 0 Å². The van der Waals surface area contributed by atoms with E-state index in [9.17, 15) is 9.59 Å². The van der Waals surface area contributed by atoms with E-state index >= 15 is 0 Å². The molecule has 0 aliphatic rings. The number of hydrogen-bond acceptors (Lipinski definition) is 4. The number of halogens is 1. The van der Waals surface area contributed by atoms with Gasteiger partial charge in [0.05, 0.1) is 11.6 Å². The molecule has 0 spiro atoms. The molecule has 0 radical (unpaired) electrons. The van der Waals surface area contributed by atoms with E-state index in [2.05, 4.69) is 42.0 Å². The molecule has 0 bridgehead atoms. The van der Waals surface area contributed by atoms with Crippen molar-refractivity contribution < 1.29 is 19.1 Å². The van der Waals surface area contributed by atoms with Gasteiger partial charge in [-0.2, -0.15) is 0 Å². The van der Waals surface area contributed by atoms with E-state index in [-0.39, 0.29) is 30.4 Å². The lowest BCUT2D eigenvalue weighted by Gasteiger charge is -2.29. The molecule has 0 unspecified atom stereocenters. The molecular weight excluding hydrogens is 472 g/mol. The Labute approximate surface area is 199 Å². The summed E-state index contributed by atoms with van der Waals surface area (Å²) >= 11 is 3.54. The zero-order valence-corrected chi connectivity index (χ0v) is 21.3. The van der Waals surface area contributed by atoms with E-state index < -0.39 is 6.04 Å². The summed E-state index contributed by atoms with van der Waals surface area (Å²) in [5.74, 6) is 0.788. The Balaban J connectivity index is 2.19. The van der Waals surface area contributed by atoms with Crippen molar-refractivity contribution in [3.8, 4) is 11.5 Å². The maximum Gasteiger partial charge on any atom is 0.261 e. The molecule has 2 rings (SSSR count). The molecule has 1 atom stereocenters. The highest BCUT2D eigenvalue weighted by Crippen LogP contribution is 2.31. The van der Waals surface area contributed by atoms with Crippen LogP contribution in [0.3, 0.4) is 0 Å². The van der Waals surface area contributed by atoms with E-state index in [0.29, 0.717) is 18.0 Å². The van der Waals surface area contributed by atoms with Crippen LogP contribution in [0.4, 0.5) is 0 Å². The van der Waals surface area contributed by atoms with Crippen LogP contribution in [0.2, 0.25) is 0 Å². The molecule has 0 fully saturated rings. The molecule has 0 aliphatic carbocycles. The predicted octanol–water partition coefficient (Wildman–Crippen LogP) is 4.69. The van der Waals surface area contributed by atoms with E-state index in [0.717, 1.165) is 15.6 Å². The highest BCUT2D eigenvalue weighted by atomic mass is 79.9. The fourth-order valence-electron chi connectivity index (χ4n) is 3.18. The van der Waals surface area contributed by atoms with Crippen molar-refractivity contribution in [2.45, 2.75) is 52.6 Å². The third kappa shape index (κ3) is 6.99. The summed E-state index contributed by atoms with van der Waals surface area (Å²) in [6, 6.07) is 12.7. The van der Waals surface area contributed by atoms with E-state index in [1.165, 1.54) is 4.90 Å². The van der Waals surface area contributed by atoms with Gasteiger partial charge in [-0.1, -0.05) is 39.0 Å². The molecule has 0 aromatic heterocycles. The lowest BCUT2D eigenvalue weighted by molar-refractivity contribution is -0.142. The molecule has 0 heterocycles. The van der Waals surface area contributed by atoms with Gasteiger partial charge in [0.1, 0.15) is 17.5 Å². The molecule has 0 saturated carbocycles. The van der Waals surface area contributed by atoms with Crippen molar-refractivity contribution in [3.05, 3.63) is 58.1 Å². The molecule has 7 heteroatoms. The Morgan fingerprint density at radius 1 is 1.16 bits per heavy atom. The van der Waals surface area contributed by atoms with Gasteiger partial charge in [0, 0.05) is 13.1 Å². The normalized spacial score (nSPS) is 12.1. The lowest BCUT2D eigenvalue weighted by atomic mass is 9.87. The van der Waals surface area contributed by atoms with Crippen molar-refractivity contribution in [1.29, 1.82) is 0 Å². The molecule has 2 amide bonds. The number of amides is 2. The molecule has 1 N–H and O–H groups in total. The summed E-state index contributed by atoms with van der Waals surface area (Å²) in [5.41, 5.74) is 2.03. The van der Waals surface area contributed by atoms with Gasteiger partial charge in [-0.05, 0) is 70.6 Å². The first kappa shape index (κ1) is 25.7. The van der Waals surface area contributed by atoms with Gasteiger partial charge in [0.25, 0.3) is 5.91 Å². The summed E-state index contributed by atoms with van der Waals surface area (Å²) in [7, 11) is 1.59. The number of hydrogen-bond donors (Lipinski definition) is 1. The second kappa shape index (κ2) is 11.4. The zero-order valence-electron chi connectivity index (χ0n) is 19.7. The fourth-order valence-corrected chi connectivity index (χ4v) is 3.67. The number of carbonyl (C=O) groups excluding carboxylic acids is 2. The van der Waals surface area contributed by atoms with E-state index in [1.807, 2.05) is 49.4 Å². The summed E-state index contributed by atoms with van der Waals surface area (Å²) in [6.45, 7) is 10.6. The van der Waals surface area contributed by atoms with Gasteiger partial charge in [0.15, 0.2) is 6.61 Å². The molecule has 2 aromatic rings. The average Bonchev–Trinajstić information content (AvgIpc) is 2.75. The van der Waals surface area contributed by atoms with Crippen LogP contribution < -0.4 is 14.8 Å². The molecule has 0 aliphatic heterocycles. The van der Waals surface area contributed by atoms with Gasteiger partial charge in [-0.3, -0.25) is 9.59 Å². The second-order valence-corrected chi connectivity index (χ2v) is 9.48. The predicted molar refractivity (Wildman–Crippen MR) is 130 cm³/mol. The summed E-state index contributed by atoms with van der Waals surface area (Å²) in [6.07, 6.45) is 0. The van der Waals surface area contributed by atoms with E-state index in [1.54, 1.807) is 14.0 Å². The number of ether oxygens (including phenoxy) is 2. The van der Waals surface area contributed by atoms with Gasteiger partial charge in [0.2, 0.25) is 5.91 Å². The van der Waals surface area contributed by atoms with Gasteiger partial charge >= 0.3 is 0 Å². The summed E-state index contributed by atoms with van der Waals surface area (Å²) in [4.78, 5) is 27.1. The van der Waals surface area contributed by atoms with Crippen LogP contribution >= 0.6 is 15.9 Å². The number of benzene rings is 2. The Hall–Kier alpha value is -2.54. The van der Waals surface area contributed by atoms with Crippen molar-refractivity contribution in [3.63, 3.8) is 0 Å². The monoisotopic (exact) mass is 504 g/mol. The number of methoxy groups -OCH3 is 1. The first-order valence-electron chi connectivity index (χ1n) is 10.7. The number of carbonyl (C=O) groups is 2. The van der Waals surface area contributed by atoms with Gasteiger partial charge in [-0.15, -0.1) is 0 Å². The minimum atomic E-state index is -0.649. The quantitative estimate of drug-likeness (QED) is 0.537. The Morgan fingerprint density at radius 2 is 1.88 bits per heavy atom. The largest absolute Gasteiger partial charge is 0.497 e. The van der Waals surface area contributed by atoms with Crippen LogP contribution in [-0.4, -0.2) is 43.0 Å². The average molecular weight is 505 g/mol. The molecule has 0 saturated heterocycles. The highest BCUT2D eigenvalue weighted by molar-refractivity contribution is 9.10. The summed E-state index contributed by atoms with van der Waals surface area (Å²) < 4.78 is 11.9. The topological polar surface area (TPSA) is 67.9 Å². The van der Waals surface area contributed by atoms with Crippen LogP contribution in [0.5, 0.6) is 11.5 Å². The molecular formula is C25H33BrN2O4. The fraction of sp³-hybridized carbons (Fsp3) is 0.440. The lowest BCUT2D eigenvalue weighted by Crippen LogP contribution is -2.49. The Morgan fingerprint density at radius 3 is 2.47 bits per heavy atom. The number of nitrogens with zero attached hydrogens (tertiary/aromatic N) is 1. The number of rotatable bonds is 9. The van der Waals surface area contributed by atoms with Crippen molar-refractivity contribution >= 4 is 27.7 Å². The SMILES string of the molecule is CCNC(=O)[C@@H](C)N(Cc1cccc(OC)c1)C(=O)COc1ccc(C(C)(C)C)cc1Br. The molecule has 6 nitrogen and oxygen atoms in total. The third-order valence-electron chi connectivity index (χ3n) is 5.15. The van der Waals surface area contributed by atoms with Crippen molar-refractivity contribution in [1.82, 2.24) is 10.2 Å². The highest BCUT2D eigenvalue weighted by Gasteiger charge is 2.26. The Kier molecular flexibility index (Phi) is 9.13. The number of nitrogens with one attached hydrogen (secondary N) is 1.